The summed E-state index contributed by atoms with van der Waals surface area (Å²) in [5, 5.41) is 13.8. The van der Waals surface area contributed by atoms with Gasteiger partial charge in [-0.2, -0.15) is 0 Å². The van der Waals surface area contributed by atoms with Gasteiger partial charge in [-0.1, -0.05) is 23.2 Å². The molecule has 5 rings (SSSR count). The average Bonchev–Trinajstić information content (AvgIpc) is 3.44. The second kappa shape index (κ2) is 11.1. The van der Waals surface area contributed by atoms with Crippen LogP contribution in [0.1, 0.15) is 5.56 Å². The van der Waals surface area contributed by atoms with Gasteiger partial charge in [0.1, 0.15) is 23.6 Å². The number of rotatable bonds is 6. The molecule has 0 bridgehead atoms. The third kappa shape index (κ3) is 5.23. The quantitative estimate of drug-likeness (QED) is 0.258. The Balaban J connectivity index is 1.38. The number of nitrogens with one attached hydrogen (secondary N) is 1. The Kier molecular flexibility index (Phi) is 7.60. The normalized spacial score (nSPS) is 13.9. The number of nitrogens with zero attached hydrogens (tertiary/aromatic N) is 6. The fraction of sp³-hybridized carbons (Fsp3) is 0.259. The fourth-order valence-electron chi connectivity index (χ4n) is 4.44. The average molecular weight is 567 g/mol. The molecule has 2 aromatic carbocycles. The molecule has 0 aliphatic carbocycles. The first kappa shape index (κ1) is 26.7. The van der Waals surface area contributed by atoms with Crippen LogP contribution in [-0.4, -0.2) is 77.9 Å². The molecule has 4 aromatic rings. The summed E-state index contributed by atoms with van der Waals surface area (Å²) in [6, 6.07) is 13.1. The van der Waals surface area contributed by atoms with Crippen molar-refractivity contribution in [1.82, 2.24) is 24.6 Å². The summed E-state index contributed by atoms with van der Waals surface area (Å²) in [6.45, 7) is 4.08. The molecule has 0 unspecified atom stereocenters. The highest BCUT2D eigenvalue weighted by atomic mass is 35.5. The summed E-state index contributed by atoms with van der Waals surface area (Å²) in [7, 11) is 5.14. The number of halogens is 2. The van der Waals surface area contributed by atoms with Gasteiger partial charge in [0.2, 0.25) is 0 Å². The van der Waals surface area contributed by atoms with Crippen LogP contribution in [0.2, 0.25) is 10.0 Å². The maximum Gasteiger partial charge on any atom is 0.181 e. The molecule has 1 aliphatic heterocycles. The minimum atomic E-state index is 0.0276. The number of methoxy groups -OCH3 is 2. The van der Waals surface area contributed by atoms with Gasteiger partial charge in [-0.15, -0.1) is 5.10 Å². The molecule has 3 N–H and O–H groups in total. The Morgan fingerprint density at radius 3 is 2.18 bits per heavy atom. The van der Waals surface area contributed by atoms with E-state index in [2.05, 4.69) is 44.0 Å². The van der Waals surface area contributed by atoms with E-state index in [0.29, 0.717) is 34.1 Å². The maximum atomic E-state index is 8.70. The van der Waals surface area contributed by atoms with Crippen molar-refractivity contribution in [3.05, 3.63) is 64.4 Å². The topological polar surface area (TPSA) is 118 Å². The second-order valence-corrected chi connectivity index (χ2v) is 9.87. The van der Waals surface area contributed by atoms with Crippen LogP contribution in [-0.2, 0) is 0 Å². The van der Waals surface area contributed by atoms with E-state index in [0.717, 1.165) is 31.7 Å². The Bertz CT molecular complexity index is 1490. The van der Waals surface area contributed by atoms with E-state index in [1.54, 1.807) is 18.2 Å². The van der Waals surface area contributed by atoms with Crippen LogP contribution in [0.25, 0.3) is 22.6 Å². The Hall–Kier alpha value is -3.86. The zero-order valence-corrected chi connectivity index (χ0v) is 23.3. The molecule has 0 spiro atoms. The van der Waals surface area contributed by atoms with E-state index >= 15 is 0 Å². The number of nitrogens with two attached hydrogens (primary N) is 1. The smallest absolute Gasteiger partial charge is 0.181 e. The van der Waals surface area contributed by atoms with Crippen molar-refractivity contribution in [1.29, 1.82) is 5.41 Å². The third-order valence-corrected chi connectivity index (χ3v) is 7.48. The van der Waals surface area contributed by atoms with Crippen molar-refractivity contribution in [2.75, 3.05) is 58.1 Å². The molecule has 2 aromatic heterocycles. The lowest BCUT2D eigenvalue weighted by Crippen LogP contribution is -2.44. The summed E-state index contributed by atoms with van der Waals surface area (Å²) in [5.74, 6) is 1.42. The minimum Gasteiger partial charge on any atom is -0.495 e. The molecular weight excluding hydrogens is 539 g/mol. The van der Waals surface area contributed by atoms with E-state index < -0.39 is 0 Å². The number of nitrogen functional groups attached to an aromatic ring is 1. The first-order valence-corrected chi connectivity index (χ1v) is 13.0. The standard InChI is InChI=1S/C27H28Cl2N8O2/c1-35-10-12-36(13-11-35)17-6-4-16(5-7-17)27-32-15-37(34-27)26(31)18-8-9-19(33-25(18)30)22-23(28)20(38-2)14-21(39-3)24(22)29/h4-9,14-15,31H,10-13H2,1-3H3,(H2,30,33). The van der Waals surface area contributed by atoms with E-state index in [9.17, 15) is 0 Å². The van der Waals surface area contributed by atoms with Crippen LogP contribution in [0.5, 0.6) is 11.5 Å². The molecule has 1 fully saturated rings. The number of aromatic nitrogens is 4. The van der Waals surface area contributed by atoms with Crippen LogP contribution in [0, 0.1) is 5.41 Å². The van der Waals surface area contributed by atoms with Crippen molar-refractivity contribution in [3.63, 3.8) is 0 Å². The van der Waals surface area contributed by atoms with Crippen molar-refractivity contribution in [2.45, 2.75) is 0 Å². The van der Waals surface area contributed by atoms with Crippen molar-refractivity contribution in [3.8, 4) is 34.1 Å². The van der Waals surface area contributed by atoms with Gasteiger partial charge in [-0.25, -0.2) is 14.6 Å². The predicted molar refractivity (Wildman–Crippen MR) is 155 cm³/mol. The number of ether oxygens (including phenoxy) is 2. The number of piperazine rings is 1. The zero-order valence-electron chi connectivity index (χ0n) is 21.8. The molecule has 1 aliphatic rings. The van der Waals surface area contributed by atoms with Gasteiger partial charge in [0.25, 0.3) is 0 Å². The van der Waals surface area contributed by atoms with E-state index in [1.807, 2.05) is 12.1 Å². The van der Waals surface area contributed by atoms with Gasteiger partial charge in [0.05, 0.1) is 35.5 Å². The molecule has 3 heterocycles. The molecule has 0 atom stereocenters. The molecular formula is C27H28Cl2N8O2. The molecule has 0 amide bonds. The lowest BCUT2D eigenvalue weighted by atomic mass is 10.1. The maximum absolute atomic E-state index is 8.70. The Morgan fingerprint density at radius 2 is 1.59 bits per heavy atom. The van der Waals surface area contributed by atoms with Crippen molar-refractivity contribution >= 4 is 40.5 Å². The lowest BCUT2D eigenvalue weighted by Gasteiger charge is -2.34. The van der Waals surface area contributed by atoms with Crippen LogP contribution in [0.4, 0.5) is 11.5 Å². The molecule has 202 valence electrons. The third-order valence-electron chi connectivity index (χ3n) is 6.72. The highest BCUT2D eigenvalue weighted by molar-refractivity contribution is 6.41. The minimum absolute atomic E-state index is 0.0276. The van der Waals surface area contributed by atoms with Crippen LogP contribution in [0.15, 0.2) is 48.8 Å². The predicted octanol–water partition coefficient (Wildman–Crippen LogP) is 4.54. The zero-order chi connectivity index (χ0) is 27.7. The number of pyridine rings is 1. The van der Waals surface area contributed by atoms with Crippen LogP contribution >= 0.6 is 23.2 Å². The summed E-state index contributed by atoms with van der Waals surface area (Å²) in [4.78, 5) is 13.6. The summed E-state index contributed by atoms with van der Waals surface area (Å²) < 4.78 is 12.1. The molecule has 0 radical (unpaired) electrons. The second-order valence-electron chi connectivity index (χ2n) is 9.11. The molecule has 39 heavy (non-hydrogen) atoms. The molecule has 0 saturated carbocycles. The van der Waals surface area contributed by atoms with E-state index in [4.69, 9.17) is 43.8 Å². The van der Waals surface area contributed by atoms with E-state index in [-0.39, 0.29) is 21.7 Å². The number of hydrogen-bond acceptors (Lipinski definition) is 9. The monoisotopic (exact) mass is 566 g/mol. The molecule has 1 saturated heterocycles. The number of hydrogen-bond donors (Lipinski definition) is 2. The van der Waals surface area contributed by atoms with E-state index in [1.165, 1.54) is 30.9 Å². The number of likely N-dealkylation sites (N-methyl/N-ethyl adjacent to an activating group) is 1. The van der Waals surface area contributed by atoms with Gasteiger partial charge < -0.3 is 25.0 Å². The van der Waals surface area contributed by atoms with Gasteiger partial charge in [-0.3, -0.25) is 5.41 Å². The van der Waals surface area contributed by atoms with Crippen LogP contribution < -0.4 is 20.1 Å². The SMILES string of the molecule is COc1cc(OC)c(Cl)c(-c2ccc(C(=N)n3cnc(-c4ccc(N5CCN(C)CC5)cc4)n3)c(N)n2)c1Cl. The van der Waals surface area contributed by atoms with Gasteiger partial charge in [0.15, 0.2) is 11.7 Å². The first-order chi connectivity index (χ1) is 18.8. The number of anilines is 2. The highest BCUT2D eigenvalue weighted by Gasteiger charge is 2.22. The first-order valence-electron chi connectivity index (χ1n) is 12.2. The van der Waals surface area contributed by atoms with Crippen molar-refractivity contribution in [2.24, 2.45) is 0 Å². The molecule has 12 heteroatoms. The van der Waals surface area contributed by atoms with Gasteiger partial charge >= 0.3 is 0 Å². The fourth-order valence-corrected chi connectivity index (χ4v) is 5.13. The largest absolute Gasteiger partial charge is 0.495 e. The summed E-state index contributed by atoms with van der Waals surface area (Å²) in [5.41, 5.74) is 9.52. The molecule has 10 nitrogen and oxygen atoms in total. The van der Waals surface area contributed by atoms with Crippen molar-refractivity contribution < 1.29 is 9.47 Å². The summed E-state index contributed by atoms with van der Waals surface area (Å²) >= 11 is 13.1. The summed E-state index contributed by atoms with van der Waals surface area (Å²) in [6.07, 6.45) is 1.49. The highest BCUT2D eigenvalue weighted by Crippen LogP contribution is 2.45. The van der Waals surface area contributed by atoms with Gasteiger partial charge in [-0.05, 0) is 43.4 Å². The number of benzene rings is 2. The Labute approximate surface area is 236 Å². The van der Waals surface area contributed by atoms with Crippen LogP contribution in [0.3, 0.4) is 0 Å². The lowest BCUT2D eigenvalue weighted by molar-refractivity contribution is 0.313. The van der Waals surface area contributed by atoms with Gasteiger partial charge in [0, 0.05) is 49.1 Å². The Morgan fingerprint density at radius 1 is 0.949 bits per heavy atom.